The SMILES string of the molecule is O=C(O)C1(c2ccccc2O)CC2CCC1N2. The molecular weight excluding hydrogens is 218 g/mol. The zero-order valence-electron chi connectivity index (χ0n) is 9.39. The molecule has 0 amide bonds. The van der Waals surface area contributed by atoms with Gasteiger partial charge in [-0.2, -0.15) is 0 Å². The maximum absolute atomic E-state index is 11.7. The molecule has 1 aromatic carbocycles. The number of phenols is 1. The Morgan fingerprint density at radius 3 is 2.65 bits per heavy atom. The number of carbonyl (C=O) groups is 1. The molecule has 1 aromatic rings. The normalized spacial score (nSPS) is 35.1. The van der Waals surface area contributed by atoms with E-state index in [1.54, 1.807) is 24.3 Å². The van der Waals surface area contributed by atoms with Crippen LogP contribution in [0.15, 0.2) is 24.3 Å². The van der Waals surface area contributed by atoms with Crippen molar-refractivity contribution in [2.24, 2.45) is 0 Å². The van der Waals surface area contributed by atoms with E-state index in [2.05, 4.69) is 5.32 Å². The van der Waals surface area contributed by atoms with E-state index < -0.39 is 11.4 Å². The van der Waals surface area contributed by atoms with Crippen LogP contribution in [0.5, 0.6) is 5.75 Å². The third-order valence-corrected chi connectivity index (χ3v) is 4.17. The van der Waals surface area contributed by atoms with Crippen molar-refractivity contribution in [2.45, 2.75) is 36.8 Å². The van der Waals surface area contributed by atoms with E-state index in [1.807, 2.05) is 0 Å². The molecule has 2 heterocycles. The summed E-state index contributed by atoms with van der Waals surface area (Å²) in [6, 6.07) is 7.01. The number of hydrogen-bond donors (Lipinski definition) is 3. The van der Waals surface area contributed by atoms with Crippen molar-refractivity contribution >= 4 is 5.97 Å². The van der Waals surface area contributed by atoms with Crippen molar-refractivity contribution in [3.8, 4) is 5.75 Å². The van der Waals surface area contributed by atoms with Crippen molar-refractivity contribution in [3.05, 3.63) is 29.8 Å². The van der Waals surface area contributed by atoms with Gasteiger partial charge in [0.25, 0.3) is 0 Å². The van der Waals surface area contributed by atoms with Gasteiger partial charge in [0.15, 0.2) is 0 Å². The minimum Gasteiger partial charge on any atom is -0.508 e. The van der Waals surface area contributed by atoms with Gasteiger partial charge in [-0.15, -0.1) is 0 Å². The Hall–Kier alpha value is -1.55. The quantitative estimate of drug-likeness (QED) is 0.718. The molecule has 0 spiro atoms. The van der Waals surface area contributed by atoms with E-state index in [0.717, 1.165) is 12.8 Å². The number of nitrogens with one attached hydrogen (secondary N) is 1. The predicted octanol–water partition coefficient (Wildman–Crippen LogP) is 1.24. The van der Waals surface area contributed by atoms with Crippen molar-refractivity contribution in [3.63, 3.8) is 0 Å². The molecule has 2 aliphatic heterocycles. The summed E-state index contributed by atoms with van der Waals surface area (Å²) in [4.78, 5) is 11.7. The zero-order chi connectivity index (χ0) is 12.0. The summed E-state index contributed by atoms with van der Waals surface area (Å²) in [6.45, 7) is 0. The Labute approximate surface area is 99.3 Å². The van der Waals surface area contributed by atoms with Crippen LogP contribution in [-0.2, 0) is 10.2 Å². The number of hydrogen-bond acceptors (Lipinski definition) is 3. The number of para-hydroxylation sites is 1. The zero-order valence-corrected chi connectivity index (χ0v) is 9.39. The van der Waals surface area contributed by atoms with Gasteiger partial charge in [0.1, 0.15) is 11.2 Å². The van der Waals surface area contributed by atoms with Gasteiger partial charge in [0.05, 0.1) is 0 Å². The van der Waals surface area contributed by atoms with Crippen LogP contribution in [0.3, 0.4) is 0 Å². The minimum absolute atomic E-state index is 0.0571. The van der Waals surface area contributed by atoms with Crippen LogP contribution in [0, 0.1) is 0 Å². The topological polar surface area (TPSA) is 69.6 Å². The summed E-state index contributed by atoms with van der Waals surface area (Å²) in [5.74, 6) is -0.747. The third-order valence-electron chi connectivity index (χ3n) is 4.17. The molecule has 3 atom stereocenters. The van der Waals surface area contributed by atoms with Gasteiger partial charge in [-0.1, -0.05) is 18.2 Å². The average Bonchev–Trinajstić information content (AvgIpc) is 2.89. The fourth-order valence-electron chi connectivity index (χ4n) is 3.40. The van der Waals surface area contributed by atoms with E-state index in [-0.39, 0.29) is 17.8 Å². The summed E-state index contributed by atoms with van der Waals surface area (Å²) in [5, 5.41) is 22.9. The standard InChI is InChI=1S/C13H15NO3/c15-10-4-2-1-3-9(10)13(12(16)17)7-8-5-6-11(13)14-8/h1-4,8,11,14-15H,5-7H2,(H,16,17). The summed E-state index contributed by atoms with van der Waals surface area (Å²) < 4.78 is 0. The van der Waals surface area contributed by atoms with Gasteiger partial charge in [-0.3, -0.25) is 4.79 Å². The third kappa shape index (κ3) is 1.30. The molecule has 0 saturated carbocycles. The first kappa shape index (κ1) is 10.6. The molecule has 2 fully saturated rings. The van der Waals surface area contributed by atoms with Crippen molar-refractivity contribution in [1.29, 1.82) is 0 Å². The molecule has 3 rings (SSSR count). The first-order valence-electron chi connectivity index (χ1n) is 5.92. The molecule has 3 N–H and O–H groups in total. The first-order chi connectivity index (χ1) is 8.14. The fraction of sp³-hybridized carbons (Fsp3) is 0.462. The molecule has 4 heteroatoms. The number of carboxylic acid groups (broad SMARTS) is 1. The number of aromatic hydroxyl groups is 1. The molecule has 2 bridgehead atoms. The van der Waals surface area contributed by atoms with Crippen LogP contribution in [0.2, 0.25) is 0 Å². The lowest BCUT2D eigenvalue weighted by Crippen LogP contribution is -2.46. The molecule has 17 heavy (non-hydrogen) atoms. The van der Waals surface area contributed by atoms with Gasteiger partial charge < -0.3 is 15.5 Å². The van der Waals surface area contributed by atoms with Gasteiger partial charge in [0.2, 0.25) is 0 Å². The fourth-order valence-corrected chi connectivity index (χ4v) is 3.40. The number of rotatable bonds is 2. The van der Waals surface area contributed by atoms with Gasteiger partial charge in [0, 0.05) is 17.6 Å². The summed E-state index contributed by atoms with van der Waals surface area (Å²) in [7, 11) is 0. The van der Waals surface area contributed by atoms with Crippen LogP contribution < -0.4 is 5.32 Å². The lowest BCUT2D eigenvalue weighted by atomic mass is 9.69. The molecule has 3 unspecified atom stereocenters. The number of aliphatic carboxylic acids is 1. The van der Waals surface area contributed by atoms with Gasteiger partial charge in [-0.25, -0.2) is 0 Å². The van der Waals surface area contributed by atoms with Crippen LogP contribution in [0.4, 0.5) is 0 Å². The van der Waals surface area contributed by atoms with Crippen LogP contribution in [-0.4, -0.2) is 28.3 Å². The van der Waals surface area contributed by atoms with E-state index in [1.165, 1.54) is 0 Å². The maximum Gasteiger partial charge on any atom is 0.315 e. The molecule has 0 aliphatic carbocycles. The molecule has 2 aliphatic rings. The molecular formula is C13H15NO3. The highest BCUT2D eigenvalue weighted by Gasteiger charge is 2.57. The van der Waals surface area contributed by atoms with Crippen LogP contribution in [0.1, 0.15) is 24.8 Å². The molecule has 2 saturated heterocycles. The van der Waals surface area contributed by atoms with Gasteiger partial charge in [-0.05, 0) is 25.3 Å². The Morgan fingerprint density at radius 1 is 1.35 bits per heavy atom. The van der Waals surface area contributed by atoms with Gasteiger partial charge >= 0.3 is 5.97 Å². The molecule has 0 radical (unpaired) electrons. The number of carboxylic acids is 1. The van der Waals surface area contributed by atoms with E-state index >= 15 is 0 Å². The number of benzene rings is 1. The van der Waals surface area contributed by atoms with E-state index in [4.69, 9.17) is 0 Å². The predicted molar refractivity (Wildman–Crippen MR) is 62.0 cm³/mol. The Balaban J connectivity index is 2.14. The summed E-state index contributed by atoms with van der Waals surface area (Å²) in [6.07, 6.45) is 2.48. The van der Waals surface area contributed by atoms with Crippen molar-refractivity contribution < 1.29 is 15.0 Å². The molecule has 90 valence electrons. The molecule has 4 nitrogen and oxygen atoms in total. The van der Waals surface area contributed by atoms with E-state index in [0.29, 0.717) is 12.0 Å². The average molecular weight is 233 g/mol. The highest BCUT2D eigenvalue weighted by molar-refractivity contribution is 5.84. The lowest BCUT2D eigenvalue weighted by Gasteiger charge is -2.33. The highest BCUT2D eigenvalue weighted by Crippen LogP contribution is 2.48. The van der Waals surface area contributed by atoms with Crippen molar-refractivity contribution in [1.82, 2.24) is 5.32 Å². The number of fused-ring (bicyclic) bond motifs is 2. The second kappa shape index (κ2) is 3.47. The maximum atomic E-state index is 11.7. The smallest absolute Gasteiger partial charge is 0.315 e. The van der Waals surface area contributed by atoms with Crippen molar-refractivity contribution in [2.75, 3.05) is 0 Å². The summed E-state index contributed by atoms with van der Waals surface area (Å²) >= 11 is 0. The highest BCUT2D eigenvalue weighted by atomic mass is 16.4. The Bertz CT molecular complexity index is 473. The largest absolute Gasteiger partial charge is 0.508 e. The monoisotopic (exact) mass is 233 g/mol. The molecule has 0 aromatic heterocycles. The number of phenolic OH excluding ortho intramolecular Hbond substituents is 1. The Morgan fingerprint density at radius 2 is 2.12 bits per heavy atom. The van der Waals surface area contributed by atoms with Crippen LogP contribution in [0.25, 0.3) is 0 Å². The first-order valence-corrected chi connectivity index (χ1v) is 5.92. The van der Waals surface area contributed by atoms with Crippen LogP contribution >= 0.6 is 0 Å². The summed E-state index contributed by atoms with van der Waals surface area (Å²) in [5.41, 5.74) is -0.402. The lowest BCUT2D eigenvalue weighted by molar-refractivity contribution is -0.144. The second-order valence-corrected chi connectivity index (χ2v) is 4.99. The minimum atomic E-state index is -0.950. The second-order valence-electron chi connectivity index (χ2n) is 4.99. The van der Waals surface area contributed by atoms with E-state index in [9.17, 15) is 15.0 Å². The Kier molecular flexibility index (Phi) is 2.16.